The van der Waals surface area contributed by atoms with E-state index in [2.05, 4.69) is 36.2 Å². The Kier molecular flexibility index (Phi) is 2.88. The van der Waals surface area contributed by atoms with E-state index in [4.69, 9.17) is 10.5 Å². The van der Waals surface area contributed by atoms with E-state index in [1.165, 1.54) is 5.56 Å². The quantitative estimate of drug-likeness (QED) is 0.719. The van der Waals surface area contributed by atoms with Crippen molar-refractivity contribution in [3.8, 4) is 11.8 Å². The van der Waals surface area contributed by atoms with Crippen molar-refractivity contribution in [2.75, 3.05) is 0 Å². The second-order valence-corrected chi connectivity index (χ2v) is 5.76. The number of nitrogens with two attached hydrogens (primary N) is 1. The number of nitrogens with one attached hydrogen (secondary N) is 1. The van der Waals surface area contributed by atoms with Gasteiger partial charge in [0.15, 0.2) is 0 Å². The fourth-order valence-corrected chi connectivity index (χ4v) is 3.22. The minimum Gasteiger partial charge on any atom is -0.440 e. The smallest absolute Gasteiger partial charge is 0.205 e. The van der Waals surface area contributed by atoms with Crippen molar-refractivity contribution in [3.63, 3.8) is 0 Å². The molecule has 0 spiro atoms. The lowest BCUT2D eigenvalue weighted by Gasteiger charge is -2.25. The Morgan fingerprint density at radius 2 is 2.00 bits per heavy atom. The average molecular weight is 301 g/mol. The zero-order valence-corrected chi connectivity index (χ0v) is 12.6. The van der Waals surface area contributed by atoms with Crippen molar-refractivity contribution < 1.29 is 4.74 Å². The fraction of sp³-hybridized carbons (Fsp3) is 0.105. The molecule has 2 heterocycles. The molecule has 0 saturated heterocycles. The third-order valence-corrected chi connectivity index (χ3v) is 4.30. The average Bonchev–Trinajstić information content (AvgIpc) is 2.96. The Morgan fingerprint density at radius 1 is 1.17 bits per heavy atom. The van der Waals surface area contributed by atoms with Crippen molar-refractivity contribution in [2.45, 2.75) is 12.8 Å². The molecule has 0 fully saturated rings. The number of aromatic amines is 1. The van der Waals surface area contributed by atoms with Gasteiger partial charge in [0.1, 0.15) is 17.4 Å². The molecule has 0 amide bonds. The highest BCUT2D eigenvalue weighted by Crippen LogP contribution is 2.43. The number of aryl methyl sites for hydroxylation is 1. The Bertz CT molecular complexity index is 991. The number of rotatable bonds is 1. The third kappa shape index (κ3) is 1.98. The van der Waals surface area contributed by atoms with E-state index in [0.29, 0.717) is 11.3 Å². The zero-order valence-electron chi connectivity index (χ0n) is 12.6. The van der Waals surface area contributed by atoms with Gasteiger partial charge in [0.05, 0.1) is 5.92 Å². The van der Waals surface area contributed by atoms with Crippen LogP contribution in [0.1, 0.15) is 22.6 Å². The van der Waals surface area contributed by atoms with Crippen LogP contribution in [0.15, 0.2) is 60.1 Å². The maximum absolute atomic E-state index is 9.60. The fourth-order valence-electron chi connectivity index (χ4n) is 3.22. The van der Waals surface area contributed by atoms with Gasteiger partial charge in [-0.1, -0.05) is 29.8 Å². The normalized spacial score (nSPS) is 16.8. The van der Waals surface area contributed by atoms with Crippen LogP contribution in [-0.4, -0.2) is 4.98 Å². The zero-order chi connectivity index (χ0) is 16.0. The highest BCUT2D eigenvalue weighted by Gasteiger charge is 2.31. The first-order valence-corrected chi connectivity index (χ1v) is 7.43. The van der Waals surface area contributed by atoms with Crippen molar-refractivity contribution >= 4 is 10.9 Å². The Balaban J connectivity index is 2.02. The van der Waals surface area contributed by atoms with Gasteiger partial charge in [-0.3, -0.25) is 0 Å². The van der Waals surface area contributed by atoms with Crippen LogP contribution in [0.5, 0.6) is 5.75 Å². The van der Waals surface area contributed by atoms with Gasteiger partial charge in [0, 0.05) is 22.7 Å². The molecule has 2 aromatic carbocycles. The van der Waals surface area contributed by atoms with Gasteiger partial charge < -0.3 is 15.5 Å². The molecule has 1 atom stereocenters. The van der Waals surface area contributed by atoms with Crippen LogP contribution in [0, 0.1) is 18.3 Å². The van der Waals surface area contributed by atoms with Crippen LogP contribution in [0.25, 0.3) is 10.9 Å². The summed E-state index contributed by atoms with van der Waals surface area (Å²) in [6.07, 6.45) is 1.96. The molecule has 1 aliphatic rings. The summed E-state index contributed by atoms with van der Waals surface area (Å²) in [6.45, 7) is 2.06. The second kappa shape index (κ2) is 4.92. The van der Waals surface area contributed by atoms with Gasteiger partial charge in [0.2, 0.25) is 5.88 Å². The monoisotopic (exact) mass is 301 g/mol. The van der Waals surface area contributed by atoms with Crippen molar-refractivity contribution in [1.29, 1.82) is 5.26 Å². The molecule has 4 heteroatoms. The van der Waals surface area contributed by atoms with Crippen LogP contribution in [-0.2, 0) is 0 Å². The van der Waals surface area contributed by atoms with Gasteiger partial charge in [-0.05, 0) is 30.7 Å². The first-order valence-electron chi connectivity index (χ1n) is 7.43. The SMILES string of the molecule is Cc1ccc2[nH]cc([C@@H]3C(C#N)=C(N)Oc4ccccc43)c2c1. The predicted molar refractivity (Wildman–Crippen MR) is 88.8 cm³/mol. The minimum absolute atomic E-state index is 0.179. The van der Waals surface area contributed by atoms with Gasteiger partial charge in [-0.25, -0.2) is 0 Å². The standard InChI is InChI=1S/C19H15N3O/c1-11-6-7-16-13(8-11)15(10-22-16)18-12-4-2-3-5-17(12)23-19(21)14(18)9-20/h2-8,10,18,22H,21H2,1H3/t18-/m0/s1. The molecular formula is C19H15N3O. The van der Waals surface area contributed by atoms with E-state index in [1.807, 2.05) is 30.5 Å². The maximum atomic E-state index is 9.60. The van der Waals surface area contributed by atoms with E-state index in [-0.39, 0.29) is 11.8 Å². The largest absolute Gasteiger partial charge is 0.440 e. The van der Waals surface area contributed by atoms with Gasteiger partial charge in [0.25, 0.3) is 0 Å². The third-order valence-electron chi connectivity index (χ3n) is 4.30. The molecule has 112 valence electrons. The van der Waals surface area contributed by atoms with Crippen LogP contribution >= 0.6 is 0 Å². The minimum atomic E-state index is -0.222. The first kappa shape index (κ1) is 13.5. The number of nitrogens with zero attached hydrogens (tertiary/aromatic N) is 1. The van der Waals surface area contributed by atoms with Crippen LogP contribution in [0.3, 0.4) is 0 Å². The Morgan fingerprint density at radius 3 is 2.83 bits per heavy atom. The van der Waals surface area contributed by atoms with E-state index in [0.717, 1.165) is 22.0 Å². The van der Waals surface area contributed by atoms with Crippen molar-refractivity contribution in [2.24, 2.45) is 5.73 Å². The van der Waals surface area contributed by atoms with E-state index in [9.17, 15) is 5.26 Å². The Hall–Kier alpha value is -3.19. The molecule has 0 bridgehead atoms. The molecule has 1 aromatic heterocycles. The summed E-state index contributed by atoms with van der Waals surface area (Å²) in [7, 11) is 0. The lowest BCUT2D eigenvalue weighted by Crippen LogP contribution is -2.20. The molecule has 0 radical (unpaired) electrons. The number of hydrogen-bond donors (Lipinski definition) is 2. The van der Waals surface area contributed by atoms with E-state index in [1.54, 1.807) is 0 Å². The van der Waals surface area contributed by atoms with Crippen molar-refractivity contribution in [3.05, 3.63) is 76.8 Å². The second-order valence-electron chi connectivity index (χ2n) is 5.76. The summed E-state index contributed by atoms with van der Waals surface area (Å²) < 4.78 is 5.62. The summed E-state index contributed by atoms with van der Waals surface area (Å²) in [5.41, 5.74) is 10.7. The van der Waals surface area contributed by atoms with E-state index < -0.39 is 0 Å². The summed E-state index contributed by atoms with van der Waals surface area (Å²) in [6, 6.07) is 16.2. The highest BCUT2D eigenvalue weighted by molar-refractivity contribution is 5.86. The lowest BCUT2D eigenvalue weighted by atomic mass is 9.83. The van der Waals surface area contributed by atoms with Crippen LogP contribution in [0.2, 0.25) is 0 Å². The highest BCUT2D eigenvalue weighted by atomic mass is 16.5. The molecule has 4 rings (SSSR count). The van der Waals surface area contributed by atoms with Gasteiger partial charge >= 0.3 is 0 Å². The molecule has 0 saturated carbocycles. The number of hydrogen-bond acceptors (Lipinski definition) is 3. The van der Waals surface area contributed by atoms with Crippen LogP contribution in [0.4, 0.5) is 0 Å². The lowest BCUT2D eigenvalue weighted by molar-refractivity contribution is 0.394. The summed E-state index contributed by atoms with van der Waals surface area (Å²) >= 11 is 0. The van der Waals surface area contributed by atoms with Gasteiger partial charge in [-0.15, -0.1) is 0 Å². The van der Waals surface area contributed by atoms with Crippen LogP contribution < -0.4 is 10.5 Å². The number of fused-ring (bicyclic) bond motifs is 2. The molecule has 4 nitrogen and oxygen atoms in total. The molecule has 3 aromatic rings. The number of aromatic nitrogens is 1. The molecule has 0 aliphatic carbocycles. The number of para-hydroxylation sites is 1. The van der Waals surface area contributed by atoms with E-state index >= 15 is 0 Å². The number of H-pyrrole nitrogens is 1. The van der Waals surface area contributed by atoms with Crippen molar-refractivity contribution in [1.82, 2.24) is 4.98 Å². The number of nitriles is 1. The number of benzene rings is 2. The predicted octanol–water partition coefficient (Wildman–Crippen LogP) is 3.69. The molecule has 3 N–H and O–H groups in total. The van der Waals surface area contributed by atoms with Gasteiger partial charge in [-0.2, -0.15) is 5.26 Å². The first-order chi connectivity index (χ1) is 11.2. The number of allylic oxidation sites excluding steroid dienone is 1. The topological polar surface area (TPSA) is 74.8 Å². The maximum Gasteiger partial charge on any atom is 0.205 e. The summed E-state index contributed by atoms with van der Waals surface area (Å²) in [5.74, 6) is 0.662. The molecular weight excluding hydrogens is 286 g/mol. The summed E-state index contributed by atoms with van der Waals surface area (Å²) in [4.78, 5) is 3.29. The number of ether oxygens (including phenoxy) is 1. The molecule has 1 aliphatic heterocycles. The molecule has 0 unspecified atom stereocenters. The Labute approximate surface area is 133 Å². The summed E-state index contributed by atoms with van der Waals surface area (Å²) in [5, 5.41) is 10.7. The molecule has 23 heavy (non-hydrogen) atoms.